The summed E-state index contributed by atoms with van der Waals surface area (Å²) in [5.41, 5.74) is 0.589. The Bertz CT molecular complexity index is 866. The highest BCUT2D eigenvalue weighted by Gasteiger charge is 2.21. The number of nitrogens with zero attached hydrogens (tertiary/aromatic N) is 3. The van der Waals surface area contributed by atoms with E-state index in [0.717, 1.165) is 23.4 Å². The van der Waals surface area contributed by atoms with E-state index in [4.69, 9.17) is 0 Å². The van der Waals surface area contributed by atoms with Gasteiger partial charge in [-0.2, -0.15) is 0 Å². The number of Topliss-reactive ketones (excluding diaryl/α,β-unsaturated/α-hetero) is 1. The molecule has 2 amide bonds. The Balaban J connectivity index is 1.32. The maximum Gasteiger partial charge on any atom is 0.224 e. The molecule has 0 atom stereocenters. The van der Waals surface area contributed by atoms with Crippen LogP contribution in [0.3, 0.4) is 0 Å². The van der Waals surface area contributed by atoms with Crippen molar-refractivity contribution >= 4 is 39.3 Å². The average Bonchev–Trinajstić information content (AvgIpc) is 2.78. The quantitative estimate of drug-likeness (QED) is 0.597. The third-order valence-corrected chi connectivity index (χ3v) is 5.54. The molecule has 1 saturated heterocycles. The SMILES string of the molecule is O=C(CCC(=O)c1ccc(Br)cc1)NCCC(=O)N1CCN(c2ccccn2)CC1. The molecule has 3 rings (SSSR count). The molecule has 0 unspecified atom stereocenters. The number of aromatic nitrogens is 1. The van der Waals surface area contributed by atoms with Crippen LogP contribution in [0, 0.1) is 0 Å². The van der Waals surface area contributed by atoms with Gasteiger partial charge in [-0.25, -0.2) is 4.98 Å². The second-order valence-corrected chi connectivity index (χ2v) is 8.00. The van der Waals surface area contributed by atoms with E-state index in [1.807, 2.05) is 23.1 Å². The second kappa shape index (κ2) is 10.9. The van der Waals surface area contributed by atoms with E-state index in [-0.39, 0.29) is 43.4 Å². The highest BCUT2D eigenvalue weighted by Crippen LogP contribution is 2.14. The van der Waals surface area contributed by atoms with Crippen LogP contribution in [0.1, 0.15) is 29.6 Å². The molecule has 1 fully saturated rings. The van der Waals surface area contributed by atoms with Crippen molar-refractivity contribution in [1.82, 2.24) is 15.2 Å². The molecule has 0 bridgehead atoms. The molecule has 8 heteroatoms. The Labute approximate surface area is 184 Å². The Hall–Kier alpha value is -2.74. The van der Waals surface area contributed by atoms with Gasteiger partial charge in [0.2, 0.25) is 11.8 Å². The highest BCUT2D eigenvalue weighted by molar-refractivity contribution is 9.10. The number of hydrogen-bond acceptors (Lipinski definition) is 5. The van der Waals surface area contributed by atoms with Gasteiger partial charge < -0.3 is 15.1 Å². The molecule has 158 valence electrons. The zero-order chi connectivity index (χ0) is 21.3. The highest BCUT2D eigenvalue weighted by atomic mass is 79.9. The summed E-state index contributed by atoms with van der Waals surface area (Å²) in [7, 11) is 0. The van der Waals surface area contributed by atoms with Gasteiger partial charge in [0.1, 0.15) is 5.82 Å². The van der Waals surface area contributed by atoms with Crippen LogP contribution in [-0.2, 0) is 9.59 Å². The molecule has 30 heavy (non-hydrogen) atoms. The van der Waals surface area contributed by atoms with Gasteiger partial charge in [-0.3, -0.25) is 14.4 Å². The third-order valence-electron chi connectivity index (χ3n) is 5.01. The van der Waals surface area contributed by atoms with Crippen molar-refractivity contribution in [2.45, 2.75) is 19.3 Å². The van der Waals surface area contributed by atoms with Crippen LogP contribution >= 0.6 is 15.9 Å². The van der Waals surface area contributed by atoms with Crippen molar-refractivity contribution < 1.29 is 14.4 Å². The van der Waals surface area contributed by atoms with E-state index in [1.54, 1.807) is 30.5 Å². The maximum atomic E-state index is 12.4. The fourth-order valence-electron chi connectivity index (χ4n) is 3.29. The first-order valence-electron chi connectivity index (χ1n) is 10.0. The van der Waals surface area contributed by atoms with E-state index in [1.165, 1.54) is 0 Å². The van der Waals surface area contributed by atoms with Crippen LogP contribution in [0.15, 0.2) is 53.1 Å². The number of anilines is 1. The topological polar surface area (TPSA) is 82.6 Å². The Kier molecular flexibility index (Phi) is 7.96. The van der Waals surface area contributed by atoms with Gasteiger partial charge in [0.25, 0.3) is 0 Å². The number of nitrogens with one attached hydrogen (secondary N) is 1. The van der Waals surface area contributed by atoms with Gasteiger partial charge >= 0.3 is 0 Å². The number of carbonyl (C=O) groups excluding carboxylic acids is 3. The van der Waals surface area contributed by atoms with Gasteiger partial charge in [0.15, 0.2) is 5.78 Å². The normalized spacial score (nSPS) is 13.8. The van der Waals surface area contributed by atoms with Crippen molar-refractivity contribution in [2.24, 2.45) is 0 Å². The molecule has 1 aromatic heterocycles. The number of ketones is 1. The Morgan fingerprint density at radius 3 is 2.33 bits per heavy atom. The predicted octanol–water partition coefficient (Wildman–Crippen LogP) is 2.66. The molecule has 2 heterocycles. The minimum atomic E-state index is -0.215. The summed E-state index contributed by atoms with van der Waals surface area (Å²) in [4.78, 5) is 44.8. The van der Waals surface area contributed by atoms with Crippen molar-refractivity contribution in [1.29, 1.82) is 0 Å². The Morgan fingerprint density at radius 1 is 0.933 bits per heavy atom. The first-order chi connectivity index (χ1) is 14.5. The smallest absolute Gasteiger partial charge is 0.224 e. The van der Waals surface area contributed by atoms with Gasteiger partial charge in [-0.05, 0) is 24.3 Å². The summed E-state index contributed by atoms with van der Waals surface area (Å²) in [5, 5.41) is 2.74. The van der Waals surface area contributed by atoms with Gasteiger partial charge in [0.05, 0.1) is 0 Å². The standard InChI is InChI=1S/C22H25BrN4O3/c23-18-6-4-17(5-7-18)19(28)8-9-21(29)25-12-10-22(30)27-15-13-26(14-16-27)20-3-1-2-11-24-20/h1-7,11H,8-10,12-16H2,(H,25,29). The molecule has 0 radical (unpaired) electrons. The fraction of sp³-hybridized carbons (Fsp3) is 0.364. The fourth-order valence-corrected chi connectivity index (χ4v) is 3.55. The zero-order valence-electron chi connectivity index (χ0n) is 16.7. The molecule has 7 nitrogen and oxygen atoms in total. The molecule has 1 N–H and O–H groups in total. The van der Waals surface area contributed by atoms with E-state index >= 15 is 0 Å². The summed E-state index contributed by atoms with van der Waals surface area (Å²) < 4.78 is 0.902. The number of halogens is 1. The molecular formula is C22H25BrN4O3. The number of benzene rings is 1. The molecular weight excluding hydrogens is 448 g/mol. The number of rotatable bonds is 8. The van der Waals surface area contributed by atoms with E-state index in [9.17, 15) is 14.4 Å². The summed E-state index contributed by atoms with van der Waals surface area (Å²) in [6.45, 7) is 3.06. The maximum absolute atomic E-state index is 12.4. The monoisotopic (exact) mass is 472 g/mol. The average molecular weight is 473 g/mol. The number of carbonyl (C=O) groups is 3. The first-order valence-corrected chi connectivity index (χ1v) is 10.8. The van der Waals surface area contributed by atoms with Crippen LogP contribution in [0.25, 0.3) is 0 Å². The summed E-state index contributed by atoms with van der Waals surface area (Å²) >= 11 is 3.33. The lowest BCUT2D eigenvalue weighted by Gasteiger charge is -2.35. The molecule has 1 aromatic carbocycles. The van der Waals surface area contributed by atoms with Crippen LogP contribution in [0.5, 0.6) is 0 Å². The molecule has 1 aliphatic rings. The van der Waals surface area contributed by atoms with E-state index in [2.05, 4.69) is 31.1 Å². The zero-order valence-corrected chi connectivity index (χ0v) is 18.3. The van der Waals surface area contributed by atoms with Gasteiger partial charge in [-0.15, -0.1) is 0 Å². The minimum absolute atomic E-state index is 0.0295. The van der Waals surface area contributed by atoms with Crippen molar-refractivity contribution in [3.8, 4) is 0 Å². The Morgan fingerprint density at radius 2 is 1.67 bits per heavy atom. The lowest BCUT2D eigenvalue weighted by molar-refractivity contribution is -0.131. The summed E-state index contributed by atoms with van der Waals surface area (Å²) in [6, 6.07) is 12.9. The van der Waals surface area contributed by atoms with Crippen molar-refractivity contribution in [3.63, 3.8) is 0 Å². The van der Waals surface area contributed by atoms with Crippen molar-refractivity contribution in [3.05, 3.63) is 58.7 Å². The van der Waals surface area contributed by atoms with Crippen LogP contribution in [-0.4, -0.2) is 60.2 Å². The minimum Gasteiger partial charge on any atom is -0.356 e. The largest absolute Gasteiger partial charge is 0.356 e. The summed E-state index contributed by atoms with van der Waals surface area (Å²) in [6.07, 6.45) is 2.29. The molecule has 1 aliphatic heterocycles. The second-order valence-electron chi connectivity index (χ2n) is 7.09. The molecule has 0 saturated carbocycles. The predicted molar refractivity (Wildman–Crippen MR) is 118 cm³/mol. The number of amides is 2. The lowest BCUT2D eigenvalue weighted by atomic mass is 10.1. The lowest BCUT2D eigenvalue weighted by Crippen LogP contribution is -2.49. The van der Waals surface area contributed by atoms with E-state index in [0.29, 0.717) is 18.7 Å². The van der Waals surface area contributed by atoms with Crippen LogP contribution in [0.4, 0.5) is 5.82 Å². The number of pyridine rings is 1. The van der Waals surface area contributed by atoms with Crippen LogP contribution < -0.4 is 10.2 Å². The van der Waals surface area contributed by atoms with Gasteiger partial charge in [0, 0.05) is 68.2 Å². The van der Waals surface area contributed by atoms with E-state index < -0.39 is 0 Å². The van der Waals surface area contributed by atoms with Crippen LogP contribution in [0.2, 0.25) is 0 Å². The summed E-state index contributed by atoms with van der Waals surface area (Å²) in [5.74, 6) is 0.671. The number of piperazine rings is 1. The number of hydrogen-bond donors (Lipinski definition) is 1. The van der Waals surface area contributed by atoms with Crippen molar-refractivity contribution in [2.75, 3.05) is 37.6 Å². The third kappa shape index (κ3) is 6.38. The molecule has 2 aromatic rings. The molecule has 0 spiro atoms. The first kappa shape index (κ1) is 22.0. The van der Waals surface area contributed by atoms with Gasteiger partial charge in [-0.1, -0.05) is 34.1 Å². The molecule has 0 aliphatic carbocycles.